The second-order valence-electron chi connectivity index (χ2n) is 4.70. The van der Waals surface area contributed by atoms with Crippen LogP contribution < -0.4 is 0 Å². The molecule has 0 atom stereocenters. The number of ether oxygens (including phenoxy) is 1. The van der Waals surface area contributed by atoms with Crippen LogP contribution in [0.15, 0.2) is 28.0 Å². The average molecular weight is 281 g/mol. The predicted octanol–water partition coefficient (Wildman–Crippen LogP) is 0.853. The molecule has 0 radical (unpaired) electrons. The molecule has 5 nitrogen and oxygen atoms in total. The van der Waals surface area contributed by atoms with Crippen LogP contribution >= 0.6 is 0 Å². The van der Waals surface area contributed by atoms with E-state index in [2.05, 4.69) is 4.90 Å². The average Bonchev–Trinajstić information content (AvgIpc) is 2.63. The van der Waals surface area contributed by atoms with Gasteiger partial charge in [-0.1, -0.05) is 12.1 Å². The van der Waals surface area contributed by atoms with Gasteiger partial charge in [0.2, 0.25) is 9.84 Å². The minimum absolute atomic E-state index is 0.0401. The molecule has 0 bridgehead atoms. The summed E-state index contributed by atoms with van der Waals surface area (Å²) >= 11 is 0. The smallest absolute Gasteiger partial charge is 0.208 e. The number of phenols is 1. The number of sulfone groups is 1. The lowest BCUT2D eigenvalue weighted by Crippen LogP contribution is -2.38. The molecule has 0 aliphatic carbocycles. The van der Waals surface area contributed by atoms with Gasteiger partial charge in [0.25, 0.3) is 0 Å². The standard InChI is InChI=1S/C13H15NO4S/c15-12-3-1-2-10-8-11(19(16,17)13(10)12)9-14-4-6-18-7-5-14/h1-3,8,15H,4-7,9H2. The van der Waals surface area contributed by atoms with E-state index in [1.807, 2.05) is 0 Å². The van der Waals surface area contributed by atoms with E-state index in [0.717, 1.165) is 13.1 Å². The third-order valence-corrected chi connectivity index (χ3v) is 5.36. The minimum Gasteiger partial charge on any atom is -0.507 e. The molecule has 6 heteroatoms. The Kier molecular flexibility index (Phi) is 3.08. The van der Waals surface area contributed by atoms with Crippen LogP contribution in [0, 0.1) is 0 Å². The van der Waals surface area contributed by atoms with Crippen molar-refractivity contribution in [1.29, 1.82) is 0 Å². The highest BCUT2D eigenvalue weighted by Crippen LogP contribution is 2.38. The van der Waals surface area contributed by atoms with Crippen LogP contribution in [0.25, 0.3) is 6.08 Å². The van der Waals surface area contributed by atoms with Gasteiger partial charge in [-0.15, -0.1) is 0 Å². The van der Waals surface area contributed by atoms with Gasteiger partial charge in [0.15, 0.2) is 0 Å². The molecule has 0 aromatic heterocycles. The molecule has 2 aliphatic rings. The van der Waals surface area contributed by atoms with Crippen molar-refractivity contribution in [2.24, 2.45) is 0 Å². The predicted molar refractivity (Wildman–Crippen MR) is 70.5 cm³/mol. The molecule has 0 saturated carbocycles. The Morgan fingerprint density at radius 2 is 2.00 bits per heavy atom. The number of benzene rings is 1. The van der Waals surface area contributed by atoms with E-state index in [1.165, 1.54) is 6.07 Å². The fourth-order valence-corrected chi connectivity index (χ4v) is 4.12. The molecule has 1 N–H and O–H groups in total. The molecule has 3 rings (SSSR count). The molecule has 1 saturated heterocycles. The lowest BCUT2D eigenvalue weighted by Gasteiger charge is -2.26. The van der Waals surface area contributed by atoms with Gasteiger partial charge in [-0.05, 0) is 17.7 Å². The monoisotopic (exact) mass is 281 g/mol. The molecule has 2 aliphatic heterocycles. The molecule has 0 amide bonds. The van der Waals surface area contributed by atoms with Gasteiger partial charge in [-0.2, -0.15) is 0 Å². The van der Waals surface area contributed by atoms with Crippen molar-refractivity contribution in [2.75, 3.05) is 32.8 Å². The number of hydrogen-bond acceptors (Lipinski definition) is 5. The van der Waals surface area contributed by atoms with E-state index in [0.29, 0.717) is 30.2 Å². The summed E-state index contributed by atoms with van der Waals surface area (Å²) in [7, 11) is -3.55. The summed E-state index contributed by atoms with van der Waals surface area (Å²) in [6.07, 6.45) is 1.65. The lowest BCUT2D eigenvalue weighted by atomic mass is 10.2. The molecular weight excluding hydrogens is 266 g/mol. The highest BCUT2D eigenvalue weighted by Gasteiger charge is 2.33. The van der Waals surface area contributed by atoms with Gasteiger partial charge in [0, 0.05) is 19.6 Å². The first-order chi connectivity index (χ1) is 9.09. The summed E-state index contributed by atoms with van der Waals surface area (Å²) < 4.78 is 30.0. The van der Waals surface area contributed by atoms with E-state index in [9.17, 15) is 13.5 Å². The largest absolute Gasteiger partial charge is 0.507 e. The zero-order valence-electron chi connectivity index (χ0n) is 10.4. The lowest BCUT2D eigenvalue weighted by molar-refractivity contribution is 0.0430. The van der Waals surface area contributed by atoms with Crippen molar-refractivity contribution in [3.63, 3.8) is 0 Å². The topological polar surface area (TPSA) is 66.8 Å². The molecule has 0 unspecified atom stereocenters. The molecule has 2 heterocycles. The summed E-state index contributed by atoms with van der Waals surface area (Å²) in [6, 6.07) is 4.76. The SMILES string of the molecule is O=S1(=O)C(CN2CCOCC2)=Cc2cccc(O)c21. The Balaban J connectivity index is 1.91. The van der Waals surface area contributed by atoms with E-state index >= 15 is 0 Å². The number of rotatable bonds is 2. The summed E-state index contributed by atoms with van der Waals surface area (Å²) in [6.45, 7) is 3.10. The molecule has 19 heavy (non-hydrogen) atoms. The van der Waals surface area contributed by atoms with Gasteiger partial charge in [0.05, 0.1) is 18.1 Å². The Morgan fingerprint density at radius 3 is 2.68 bits per heavy atom. The van der Waals surface area contributed by atoms with Crippen LogP contribution in [0.2, 0.25) is 0 Å². The Bertz CT molecular complexity index is 630. The fourth-order valence-electron chi connectivity index (χ4n) is 2.44. The number of fused-ring (bicyclic) bond motifs is 1. The third-order valence-electron chi connectivity index (χ3n) is 3.44. The van der Waals surface area contributed by atoms with Crippen LogP contribution in [0.3, 0.4) is 0 Å². The van der Waals surface area contributed by atoms with Crippen molar-refractivity contribution in [3.8, 4) is 5.75 Å². The Morgan fingerprint density at radius 1 is 1.26 bits per heavy atom. The van der Waals surface area contributed by atoms with E-state index in [-0.39, 0.29) is 10.6 Å². The summed E-state index contributed by atoms with van der Waals surface area (Å²) in [5, 5.41) is 9.74. The number of morpholine rings is 1. The van der Waals surface area contributed by atoms with Crippen molar-refractivity contribution in [1.82, 2.24) is 4.90 Å². The summed E-state index contributed by atoms with van der Waals surface area (Å²) in [4.78, 5) is 2.44. The molecule has 1 aromatic rings. The first-order valence-corrected chi connectivity index (χ1v) is 7.65. The molecule has 1 fully saturated rings. The number of phenolic OH excluding ortho intramolecular Hbond substituents is 1. The van der Waals surface area contributed by atoms with Crippen molar-refractivity contribution < 1.29 is 18.3 Å². The maximum absolute atomic E-state index is 12.4. The summed E-state index contributed by atoms with van der Waals surface area (Å²) in [5.74, 6) is -0.175. The first kappa shape index (κ1) is 12.7. The maximum atomic E-state index is 12.4. The number of hydrogen-bond donors (Lipinski definition) is 1. The van der Waals surface area contributed by atoms with E-state index in [4.69, 9.17) is 4.74 Å². The van der Waals surface area contributed by atoms with Gasteiger partial charge in [0.1, 0.15) is 10.6 Å². The van der Waals surface area contributed by atoms with Crippen LogP contribution in [0.4, 0.5) is 0 Å². The first-order valence-electron chi connectivity index (χ1n) is 6.17. The van der Waals surface area contributed by atoms with Crippen LogP contribution in [0.1, 0.15) is 5.56 Å². The second kappa shape index (κ2) is 4.63. The molecule has 0 spiro atoms. The zero-order chi connectivity index (χ0) is 13.5. The molecule has 1 aromatic carbocycles. The van der Waals surface area contributed by atoms with Crippen molar-refractivity contribution >= 4 is 15.9 Å². The van der Waals surface area contributed by atoms with E-state index in [1.54, 1.807) is 18.2 Å². The van der Waals surface area contributed by atoms with Crippen molar-refractivity contribution in [2.45, 2.75) is 4.90 Å². The normalized spacial score (nSPS) is 22.0. The maximum Gasteiger partial charge on any atom is 0.208 e. The van der Waals surface area contributed by atoms with Crippen LogP contribution in [-0.2, 0) is 14.6 Å². The quantitative estimate of drug-likeness (QED) is 0.870. The Labute approximate surface area is 112 Å². The van der Waals surface area contributed by atoms with Gasteiger partial charge in [-0.3, -0.25) is 4.90 Å². The van der Waals surface area contributed by atoms with Crippen molar-refractivity contribution in [3.05, 3.63) is 28.7 Å². The molecule has 102 valence electrons. The van der Waals surface area contributed by atoms with Gasteiger partial charge < -0.3 is 9.84 Å². The Hall–Kier alpha value is -1.37. The highest BCUT2D eigenvalue weighted by molar-refractivity contribution is 7.96. The second-order valence-corrected chi connectivity index (χ2v) is 6.64. The van der Waals surface area contributed by atoms with Gasteiger partial charge >= 0.3 is 0 Å². The van der Waals surface area contributed by atoms with E-state index < -0.39 is 9.84 Å². The molecular formula is C13H15NO4S. The van der Waals surface area contributed by atoms with Crippen LogP contribution in [-0.4, -0.2) is 51.3 Å². The zero-order valence-corrected chi connectivity index (χ0v) is 11.2. The third kappa shape index (κ3) is 2.16. The summed E-state index contributed by atoms with van der Waals surface area (Å²) in [5.41, 5.74) is 0.572. The van der Waals surface area contributed by atoms with Gasteiger partial charge in [-0.25, -0.2) is 8.42 Å². The number of nitrogens with zero attached hydrogens (tertiary/aromatic N) is 1. The fraction of sp³-hybridized carbons (Fsp3) is 0.385. The van der Waals surface area contributed by atoms with Crippen LogP contribution in [0.5, 0.6) is 5.75 Å². The minimum atomic E-state index is -3.55. The number of aromatic hydroxyl groups is 1. The highest BCUT2D eigenvalue weighted by atomic mass is 32.2.